The van der Waals surface area contributed by atoms with Gasteiger partial charge in [0.25, 0.3) is 0 Å². The summed E-state index contributed by atoms with van der Waals surface area (Å²) in [5, 5.41) is 5.24. The third-order valence-corrected chi connectivity index (χ3v) is 6.44. The molecule has 2 bridgehead atoms. The van der Waals surface area contributed by atoms with E-state index in [4.69, 9.17) is 16.4 Å². The molecule has 1 aromatic rings. The highest BCUT2D eigenvalue weighted by Crippen LogP contribution is 2.67. The fraction of sp³-hybridized carbons (Fsp3) is 0.588. The van der Waals surface area contributed by atoms with Gasteiger partial charge in [-0.1, -0.05) is 42.7 Å². The van der Waals surface area contributed by atoms with Gasteiger partial charge in [0.1, 0.15) is 5.60 Å². The lowest BCUT2D eigenvalue weighted by molar-refractivity contribution is -0.220. The Morgan fingerprint density at radius 1 is 1.15 bits per heavy atom. The Morgan fingerprint density at radius 2 is 1.85 bits per heavy atom. The highest BCUT2D eigenvalue weighted by Gasteiger charge is 2.67. The van der Waals surface area contributed by atoms with Crippen molar-refractivity contribution in [1.82, 2.24) is 0 Å². The molecular formula is C17H20ClNO. The smallest absolute Gasteiger partial charge is 0.146 e. The van der Waals surface area contributed by atoms with Gasteiger partial charge < -0.3 is 4.84 Å². The maximum Gasteiger partial charge on any atom is 0.146 e. The Kier molecular flexibility index (Phi) is 2.41. The van der Waals surface area contributed by atoms with Crippen LogP contribution >= 0.6 is 11.6 Å². The summed E-state index contributed by atoms with van der Waals surface area (Å²) in [5.74, 6) is 1.86. The van der Waals surface area contributed by atoms with E-state index in [1.165, 1.54) is 12.8 Å². The molecule has 20 heavy (non-hydrogen) atoms. The average Bonchev–Trinajstić information content (AvgIpc) is 2.76. The van der Waals surface area contributed by atoms with E-state index in [2.05, 4.69) is 38.1 Å². The first-order chi connectivity index (χ1) is 9.43. The van der Waals surface area contributed by atoms with Gasteiger partial charge in [0, 0.05) is 16.9 Å². The van der Waals surface area contributed by atoms with Crippen molar-refractivity contribution in [2.75, 3.05) is 0 Å². The van der Waals surface area contributed by atoms with Crippen LogP contribution in [0.25, 0.3) is 0 Å². The number of hydrogen-bond acceptors (Lipinski definition) is 2. The van der Waals surface area contributed by atoms with Crippen LogP contribution in [0.3, 0.4) is 0 Å². The largest absolute Gasteiger partial charge is 0.388 e. The second kappa shape index (κ2) is 3.79. The van der Waals surface area contributed by atoms with Crippen LogP contribution < -0.4 is 0 Å². The minimum atomic E-state index is -0.118. The van der Waals surface area contributed by atoms with Gasteiger partial charge in [-0.2, -0.15) is 0 Å². The topological polar surface area (TPSA) is 21.6 Å². The van der Waals surface area contributed by atoms with E-state index < -0.39 is 0 Å². The quantitative estimate of drug-likeness (QED) is 0.745. The summed E-state index contributed by atoms with van der Waals surface area (Å²) < 4.78 is 0. The third-order valence-electron chi connectivity index (χ3n) is 6.19. The van der Waals surface area contributed by atoms with Crippen molar-refractivity contribution in [2.45, 2.75) is 39.2 Å². The maximum atomic E-state index is 5.98. The summed E-state index contributed by atoms with van der Waals surface area (Å²) in [6, 6.07) is 7.98. The number of halogens is 1. The highest BCUT2D eigenvalue weighted by atomic mass is 35.5. The minimum absolute atomic E-state index is 0.118. The second-order valence-electron chi connectivity index (χ2n) is 7.35. The van der Waals surface area contributed by atoms with Gasteiger partial charge in [0.2, 0.25) is 0 Å². The van der Waals surface area contributed by atoms with Crippen LogP contribution in [0.15, 0.2) is 29.4 Å². The molecule has 106 valence electrons. The van der Waals surface area contributed by atoms with Gasteiger partial charge >= 0.3 is 0 Å². The molecule has 3 aliphatic carbocycles. The van der Waals surface area contributed by atoms with Crippen molar-refractivity contribution in [3.63, 3.8) is 0 Å². The number of rotatable bonds is 1. The Hall–Kier alpha value is -1.02. The van der Waals surface area contributed by atoms with Gasteiger partial charge in [-0.25, -0.2) is 0 Å². The number of benzene rings is 1. The van der Waals surface area contributed by atoms with E-state index in [-0.39, 0.29) is 5.60 Å². The first-order valence-electron chi connectivity index (χ1n) is 7.45. The summed E-state index contributed by atoms with van der Waals surface area (Å²) >= 11 is 5.98. The monoisotopic (exact) mass is 289 g/mol. The summed E-state index contributed by atoms with van der Waals surface area (Å²) in [5.41, 5.74) is 2.56. The average molecular weight is 290 g/mol. The molecule has 4 aliphatic rings. The molecule has 0 aromatic heterocycles. The van der Waals surface area contributed by atoms with Crippen LogP contribution in [-0.2, 0) is 4.84 Å². The summed E-state index contributed by atoms with van der Waals surface area (Å²) in [7, 11) is 0. The zero-order chi connectivity index (χ0) is 14.1. The highest BCUT2D eigenvalue weighted by molar-refractivity contribution is 6.30. The van der Waals surface area contributed by atoms with Crippen molar-refractivity contribution < 1.29 is 4.84 Å². The molecule has 0 spiro atoms. The lowest BCUT2D eigenvalue weighted by atomic mass is 9.41. The normalized spacial score (nSPS) is 40.4. The van der Waals surface area contributed by atoms with E-state index in [0.717, 1.165) is 22.2 Å². The molecule has 0 amide bonds. The molecule has 0 N–H and O–H groups in total. The summed E-state index contributed by atoms with van der Waals surface area (Å²) in [4.78, 5) is 5.98. The zero-order valence-corrected chi connectivity index (χ0v) is 12.9. The van der Waals surface area contributed by atoms with Gasteiger partial charge in [0.15, 0.2) is 0 Å². The van der Waals surface area contributed by atoms with Crippen LogP contribution in [0.5, 0.6) is 0 Å². The molecule has 4 atom stereocenters. The van der Waals surface area contributed by atoms with Crippen LogP contribution in [-0.4, -0.2) is 11.3 Å². The molecule has 3 heteroatoms. The Morgan fingerprint density at radius 3 is 2.50 bits per heavy atom. The number of oxime groups is 1. The van der Waals surface area contributed by atoms with Crippen LogP contribution in [0.2, 0.25) is 5.02 Å². The van der Waals surface area contributed by atoms with E-state index in [1.807, 2.05) is 12.1 Å². The molecule has 1 aromatic carbocycles. The van der Waals surface area contributed by atoms with Crippen LogP contribution in [0.1, 0.15) is 39.2 Å². The molecule has 2 unspecified atom stereocenters. The van der Waals surface area contributed by atoms with Crippen molar-refractivity contribution in [1.29, 1.82) is 0 Å². The fourth-order valence-corrected chi connectivity index (χ4v) is 4.87. The molecule has 3 saturated carbocycles. The van der Waals surface area contributed by atoms with Crippen molar-refractivity contribution in [2.24, 2.45) is 28.3 Å². The van der Waals surface area contributed by atoms with Crippen LogP contribution in [0.4, 0.5) is 0 Å². The van der Waals surface area contributed by atoms with Crippen molar-refractivity contribution in [3.05, 3.63) is 34.9 Å². The number of nitrogens with zero attached hydrogens (tertiary/aromatic N) is 1. The lowest BCUT2D eigenvalue weighted by Crippen LogP contribution is -2.64. The molecular weight excluding hydrogens is 270 g/mol. The molecule has 0 radical (unpaired) electrons. The molecule has 1 aliphatic heterocycles. The van der Waals surface area contributed by atoms with Gasteiger partial charge in [-0.3, -0.25) is 0 Å². The lowest BCUT2D eigenvalue weighted by Gasteiger charge is -2.63. The van der Waals surface area contributed by atoms with E-state index in [1.54, 1.807) is 0 Å². The molecule has 2 nitrogen and oxygen atoms in total. The predicted molar refractivity (Wildman–Crippen MR) is 81.0 cm³/mol. The van der Waals surface area contributed by atoms with Gasteiger partial charge in [0.05, 0.1) is 5.71 Å². The molecule has 3 fully saturated rings. The van der Waals surface area contributed by atoms with E-state index >= 15 is 0 Å². The Labute approximate surface area is 125 Å². The standard InChI is InChI=1S/C17H20ClNO/c1-16(2)11-8-13-15(10-4-6-12(18)7-5-10)19-20-17(13,3)14(16)9-11/h4-7,11,13-14H,8-9H2,1-3H3/t11-,13?,14+,17?/m1/s1. The third kappa shape index (κ3) is 1.43. The summed E-state index contributed by atoms with van der Waals surface area (Å²) in [6.07, 6.45) is 2.49. The zero-order valence-electron chi connectivity index (χ0n) is 12.2. The Balaban J connectivity index is 1.69. The van der Waals surface area contributed by atoms with E-state index in [0.29, 0.717) is 17.3 Å². The van der Waals surface area contributed by atoms with Crippen LogP contribution in [0, 0.1) is 23.2 Å². The maximum absolute atomic E-state index is 5.98. The SMILES string of the molecule is CC12ON=C(c3ccc(Cl)cc3)C1C[C@@H]1C[C@H]2C1(C)C. The molecule has 1 heterocycles. The first kappa shape index (κ1) is 12.7. The first-order valence-corrected chi connectivity index (χ1v) is 7.82. The van der Waals surface area contributed by atoms with Gasteiger partial charge in [-0.05, 0) is 48.8 Å². The number of hydrogen-bond donors (Lipinski definition) is 0. The molecule has 0 saturated heterocycles. The second-order valence-corrected chi connectivity index (χ2v) is 7.79. The molecule has 5 rings (SSSR count). The van der Waals surface area contributed by atoms with Crippen molar-refractivity contribution >= 4 is 17.3 Å². The van der Waals surface area contributed by atoms with E-state index in [9.17, 15) is 0 Å². The fourth-order valence-electron chi connectivity index (χ4n) is 4.75. The summed E-state index contributed by atoms with van der Waals surface area (Å²) in [6.45, 7) is 7.03. The predicted octanol–water partition coefficient (Wildman–Crippen LogP) is 4.52. The van der Waals surface area contributed by atoms with Crippen molar-refractivity contribution in [3.8, 4) is 0 Å². The van der Waals surface area contributed by atoms with Gasteiger partial charge in [-0.15, -0.1) is 0 Å². The Bertz CT molecular complexity index is 592. The minimum Gasteiger partial charge on any atom is -0.388 e.